The van der Waals surface area contributed by atoms with Crippen LogP contribution in [0.25, 0.3) is 0 Å². The highest BCUT2D eigenvalue weighted by atomic mass is 17.2. The molecule has 1 aromatic carbocycles. The largest absolute Gasteiger partial charge is 0.415 e. The number of likely N-dealkylation sites (tertiary alicyclic amines) is 1. The van der Waals surface area contributed by atoms with Gasteiger partial charge in [-0.1, -0.05) is 31.6 Å². The van der Waals surface area contributed by atoms with Crippen molar-refractivity contribution in [2.24, 2.45) is 11.7 Å². The van der Waals surface area contributed by atoms with Crippen LogP contribution >= 0.6 is 0 Å². The second-order valence-corrected chi connectivity index (χ2v) is 10.5. The Kier molecular flexibility index (Phi) is 7.46. The molecule has 6 nitrogen and oxygen atoms in total. The van der Waals surface area contributed by atoms with Crippen LogP contribution in [0.4, 0.5) is 4.79 Å². The summed E-state index contributed by atoms with van der Waals surface area (Å²) in [6.07, 6.45) is 10.5. The first-order valence-corrected chi connectivity index (χ1v) is 12.7. The highest BCUT2D eigenvalue weighted by molar-refractivity contribution is 5.70. The van der Waals surface area contributed by atoms with Crippen LogP contribution in [0.15, 0.2) is 36.9 Å². The molecule has 1 amide bonds. The van der Waals surface area contributed by atoms with Crippen LogP contribution in [-0.4, -0.2) is 41.3 Å². The summed E-state index contributed by atoms with van der Waals surface area (Å²) in [6, 6.07) is 8.21. The van der Waals surface area contributed by atoms with E-state index in [1.807, 2.05) is 18.2 Å². The minimum absolute atomic E-state index is 0.189. The van der Waals surface area contributed by atoms with Crippen molar-refractivity contribution in [3.05, 3.63) is 42.5 Å². The Hall–Kier alpha value is -1.89. The number of benzene rings is 1. The minimum Gasteiger partial charge on any atom is -0.410 e. The number of ether oxygens (including phenoxy) is 1. The maximum atomic E-state index is 12.4. The lowest BCUT2D eigenvalue weighted by atomic mass is 9.69. The van der Waals surface area contributed by atoms with Gasteiger partial charge in [-0.25, -0.2) is 14.6 Å². The topological polar surface area (TPSA) is 74.0 Å². The molecule has 2 aliphatic heterocycles. The zero-order valence-corrected chi connectivity index (χ0v) is 20.3. The van der Waals surface area contributed by atoms with E-state index in [0.29, 0.717) is 30.7 Å². The second kappa shape index (κ2) is 10.2. The molecule has 1 aliphatic carbocycles. The Morgan fingerprint density at radius 3 is 2.67 bits per heavy atom. The third-order valence-corrected chi connectivity index (χ3v) is 8.05. The lowest BCUT2D eigenvalue weighted by Crippen LogP contribution is -2.44. The van der Waals surface area contributed by atoms with E-state index >= 15 is 0 Å². The smallest absolute Gasteiger partial charge is 0.410 e. The number of hydrogen-bond acceptors (Lipinski definition) is 5. The number of amides is 1. The highest BCUT2D eigenvalue weighted by Gasteiger charge is 2.53. The number of rotatable bonds is 6. The van der Waals surface area contributed by atoms with Gasteiger partial charge < -0.3 is 15.4 Å². The summed E-state index contributed by atoms with van der Waals surface area (Å²) in [5.74, 6) is 1.42. The van der Waals surface area contributed by atoms with Crippen LogP contribution in [0, 0.1) is 5.92 Å². The van der Waals surface area contributed by atoms with Gasteiger partial charge in [0, 0.05) is 25.6 Å². The summed E-state index contributed by atoms with van der Waals surface area (Å²) >= 11 is 0. The second-order valence-electron chi connectivity index (χ2n) is 10.5. The zero-order chi connectivity index (χ0) is 23.5. The summed E-state index contributed by atoms with van der Waals surface area (Å²) in [7, 11) is 0. The van der Waals surface area contributed by atoms with Gasteiger partial charge in [0.1, 0.15) is 17.0 Å². The molecule has 0 radical (unpaired) electrons. The van der Waals surface area contributed by atoms with Crippen molar-refractivity contribution in [2.45, 2.75) is 94.8 Å². The van der Waals surface area contributed by atoms with Gasteiger partial charge in [-0.3, -0.25) is 0 Å². The quantitative estimate of drug-likeness (QED) is 0.438. The van der Waals surface area contributed by atoms with Crippen LogP contribution in [0.5, 0.6) is 5.75 Å². The van der Waals surface area contributed by atoms with Crippen molar-refractivity contribution < 1.29 is 19.3 Å². The fraction of sp³-hybridized carbons (Fsp3) is 0.667. The summed E-state index contributed by atoms with van der Waals surface area (Å²) in [5, 5.41) is 0. The normalized spacial score (nSPS) is 31.5. The van der Waals surface area contributed by atoms with E-state index in [0.717, 1.165) is 57.8 Å². The zero-order valence-electron chi connectivity index (χ0n) is 20.3. The standard InChI is InChI=1S/C27H40N2O4/c1-4-7-22(5-2)26(3)19-27(33-32-26)15-6-8-21(18-27)20-9-11-24(12-10-20)31-25(30)29-16-13-23(28)14-17-29/h4,9-12,21-23H,1,5-8,13-19,28H2,2-3H3/t21-,22?,26+,27-/m1/s1. The highest BCUT2D eigenvalue weighted by Crippen LogP contribution is 2.52. The van der Waals surface area contributed by atoms with Crippen molar-refractivity contribution in [1.82, 2.24) is 4.90 Å². The van der Waals surface area contributed by atoms with Gasteiger partial charge in [-0.2, -0.15) is 0 Å². The molecule has 1 spiro atoms. The van der Waals surface area contributed by atoms with Crippen molar-refractivity contribution in [2.75, 3.05) is 13.1 Å². The van der Waals surface area contributed by atoms with E-state index in [4.69, 9.17) is 20.2 Å². The molecule has 2 N–H and O–H groups in total. The SMILES string of the molecule is C=CCC(CC)[C@]1(C)C[C@]2(CCC[C@@H](c3ccc(OC(=O)N4CCC(N)CC4)cc3)C2)OO1. The summed E-state index contributed by atoms with van der Waals surface area (Å²) < 4.78 is 5.61. The molecule has 2 heterocycles. The lowest BCUT2D eigenvalue weighted by molar-refractivity contribution is -0.359. The molecule has 3 aliphatic rings. The molecule has 3 fully saturated rings. The number of carbonyl (C=O) groups is 1. The first kappa shape index (κ1) is 24.2. The average molecular weight is 457 g/mol. The number of piperidine rings is 1. The predicted molar refractivity (Wildman–Crippen MR) is 129 cm³/mol. The van der Waals surface area contributed by atoms with E-state index in [-0.39, 0.29) is 23.3 Å². The van der Waals surface area contributed by atoms with E-state index in [2.05, 4.69) is 32.6 Å². The van der Waals surface area contributed by atoms with Gasteiger partial charge in [0.15, 0.2) is 0 Å². The third kappa shape index (κ3) is 5.44. The van der Waals surface area contributed by atoms with Crippen molar-refractivity contribution in [3.63, 3.8) is 0 Å². The molecule has 1 saturated carbocycles. The first-order valence-electron chi connectivity index (χ1n) is 12.7. The Morgan fingerprint density at radius 2 is 2.00 bits per heavy atom. The van der Waals surface area contributed by atoms with Gasteiger partial charge in [-0.05, 0) is 81.4 Å². The van der Waals surface area contributed by atoms with Gasteiger partial charge >= 0.3 is 6.09 Å². The van der Waals surface area contributed by atoms with Crippen LogP contribution in [0.3, 0.4) is 0 Å². The summed E-state index contributed by atoms with van der Waals surface area (Å²) in [5.41, 5.74) is 6.72. The molecule has 4 atom stereocenters. The molecule has 1 aromatic rings. The molecular formula is C27H40N2O4. The Balaban J connectivity index is 1.37. The maximum absolute atomic E-state index is 12.4. The van der Waals surface area contributed by atoms with Crippen LogP contribution in [0.1, 0.15) is 83.1 Å². The van der Waals surface area contributed by atoms with Crippen LogP contribution in [-0.2, 0) is 9.78 Å². The number of nitrogens with two attached hydrogens (primary N) is 1. The van der Waals surface area contributed by atoms with Crippen LogP contribution < -0.4 is 10.5 Å². The van der Waals surface area contributed by atoms with E-state index < -0.39 is 0 Å². The molecular weight excluding hydrogens is 416 g/mol. The van der Waals surface area contributed by atoms with E-state index in [1.165, 1.54) is 5.56 Å². The first-order chi connectivity index (χ1) is 15.9. The molecule has 1 unspecified atom stereocenters. The van der Waals surface area contributed by atoms with Gasteiger partial charge in [0.2, 0.25) is 0 Å². The van der Waals surface area contributed by atoms with Crippen molar-refractivity contribution >= 4 is 6.09 Å². The summed E-state index contributed by atoms with van der Waals surface area (Å²) in [4.78, 5) is 26.3. The third-order valence-electron chi connectivity index (χ3n) is 8.05. The Labute approximate surface area is 198 Å². The minimum atomic E-state index is -0.285. The molecule has 4 rings (SSSR count). The number of nitrogens with zero attached hydrogens (tertiary/aromatic N) is 1. The summed E-state index contributed by atoms with van der Waals surface area (Å²) in [6.45, 7) is 9.66. The monoisotopic (exact) mass is 456 g/mol. The molecule has 182 valence electrons. The van der Waals surface area contributed by atoms with Gasteiger partial charge in [-0.15, -0.1) is 6.58 Å². The maximum Gasteiger partial charge on any atom is 0.415 e. The number of hydrogen-bond donors (Lipinski definition) is 1. The average Bonchev–Trinajstić information content (AvgIpc) is 3.14. The van der Waals surface area contributed by atoms with Gasteiger partial charge in [0.25, 0.3) is 0 Å². The molecule has 2 saturated heterocycles. The van der Waals surface area contributed by atoms with E-state index in [1.54, 1.807) is 4.90 Å². The predicted octanol–water partition coefficient (Wildman–Crippen LogP) is 5.72. The number of allylic oxidation sites excluding steroid dienone is 1. The molecule has 0 bridgehead atoms. The fourth-order valence-electron chi connectivity index (χ4n) is 6.04. The fourth-order valence-corrected chi connectivity index (χ4v) is 6.04. The van der Waals surface area contributed by atoms with E-state index in [9.17, 15) is 4.79 Å². The van der Waals surface area contributed by atoms with Gasteiger partial charge in [0.05, 0.1) is 0 Å². The molecule has 6 heteroatoms. The number of carbonyl (C=O) groups excluding carboxylic acids is 1. The van der Waals surface area contributed by atoms with Crippen molar-refractivity contribution in [3.8, 4) is 5.75 Å². The van der Waals surface area contributed by atoms with Crippen molar-refractivity contribution in [1.29, 1.82) is 0 Å². The lowest BCUT2D eigenvalue weighted by Gasteiger charge is -2.37. The van der Waals surface area contributed by atoms with Crippen LogP contribution in [0.2, 0.25) is 0 Å². The Bertz CT molecular complexity index is 820. The Morgan fingerprint density at radius 1 is 1.27 bits per heavy atom. The molecule has 33 heavy (non-hydrogen) atoms. The molecule has 0 aromatic heterocycles.